The molecule has 2 N–H and O–H groups in total. The molecule has 1 amide bonds. The Bertz CT molecular complexity index is 839. The van der Waals surface area contributed by atoms with Gasteiger partial charge in [-0.2, -0.15) is 0 Å². The molecule has 1 aromatic carbocycles. The molecule has 2 aliphatic rings. The minimum Gasteiger partial charge on any atom is -0.443 e. The van der Waals surface area contributed by atoms with Crippen molar-refractivity contribution < 1.29 is 13.9 Å². The standard InChI is InChI=1S/C17H18N4O3/c1-23-14-4-2-3-12(14)19-17-20-13(16(22)21-17)7-10-5-6-11-15(8-10)24-9-18-11/h5-9,12,14H,2-4H2,1H3,(H2,19,20,21,22)/b13-7-/t12-,14-/m0/s1. The summed E-state index contributed by atoms with van der Waals surface area (Å²) < 4.78 is 10.7. The van der Waals surface area contributed by atoms with Crippen LogP contribution in [0.1, 0.15) is 24.8 Å². The van der Waals surface area contributed by atoms with Gasteiger partial charge in [-0.1, -0.05) is 6.07 Å². The lowest BCUT2D eigenvalue weighted by Gasteiger charge is -2.19. The second kappa shape index (κ2) is 6.09. The number of carbonyl (C=O) groups is 1. The largest absolute Gasteiger partial charge is 0.443 e. The first-order chi connectivity index (χ1) is 11.7. The molecule has 0 unspecified atom stereocenters. The van der Waals surface area contributed by atoms with E-state index in [4.69, 9.17) is 9.15 Å². The van der Waals surface area contributed by atoms with E-state index in [-0.39, 0.29) is 18.1 Å². The number of rotatable bonds is 3. The number of nitrogens with one attached hydrogen (secondary N) is 2. The van der Waals surface area contributed by atoms with Gasteiger partial charge in [-0.15, -0.1) is 0 Å². The van der Waals surface area contributed by atoms with Crippen molar-refractivity contribution in [1.29, 1.82) is 0 Å². The SMILES string of the molecule is CO[C@H]1CCC[C@@H]1NC1=N/C(=C\c2ccc3ncoc3c2)C(=O)N1. The van der Waals surface area contributed by atoms with Crippen LogP contribution in [0.3, 0.4) is 0 Å². The van der Waals surface area contributed by atoms with E-state index in [1.54, 1.807) is 13.2 Å². The number of hydrogen-bond donors (Lipinski definition) is 2. The Hall–Kier alpha value is -2.67. The second-order valence-electron chi connectivity index (χ2n) is 5.98. The molecule has 0 saturated heterocycles. The first kappa shape index (κ1) is 14.9. The van der Waals surface area contributed by atoms with Crippen LogP contribution in [0.2, 0.25) is 0 Å². The van der Waals surface area contributed by atoms with E-state index in [0.717, 1.165) is 30.3 Å². The maximum Gasteiger partial charge on any atom is 0.276 e. The van der Waals surface area contributed by atoms with Gasteiger partial charge in [0.1, 0.15) is 11.2 Å². The normalized spacial score (nSPS) is 25.3. The number of carbonyl (C=O) groups excluding carboxylic acids is 1. The third-order valence-corrected chi connectivity index (χ3v) is 4.43. The Morgan fingerprint density at radius 2 is 2.33 bits per heavy atom. The van der Waals surface area contributed by atoms with Crippen molar-refractivity contribution in [3.05, 3.63) is 35.9 Å². The zero-order valence-corrected chi connectivity index (χ0v) is 13.3. The zero-order chi connectivity index (χ0) is 16.5. The minimum atomic E-state index is -0.220. The first-order valence-corrected chi connectivity index (χ1v) is 7.97. The number of methoxy groups -OCH3 is 1. The third-order valence-electron chi connectivity index (χ3n) is 4.43. The van der Waals surface area contributed by atoms with Crippen LogP contribution in [-0.2, 0) is 9.53 Å². The van der Waals surface area contributed by atoms with Crippen molar-refractivity contribution >= 4 is 29.0 Å². The molecule has 2 aromatic rings. The highest BCUT2D eigenvalue weighted by Gasteiger charge is 2.30. The average Bonchev–Trinajstić information content (AvgIpc) is 3.28. The van der Waals surface area contributed by atoms with E-state index >= 15 is 0 Å². The maximum atomic E-state index is 12.1. The number of oxazole rings is 1. The molecule has 7 nitrogen and oxygen atoms in total. The molecule has 7 heteroatoms. The summed E-state index contributed by atoms with van der Waals surface area (Å²) in [5, 5.41) is 6.04. The van der Waals surface area contributed by atoms with Gasteiger partial charge in [0.05, 0.1) is 12.1 Å². The lowest BCUT2D eigenvalue weighted by atomic mass is 10.2. The number of aromatic nitrogens is 1. The van der Waals surface area contributed by atoms with E-state index < -0.39 is 0 Å². The van der Waals surface area contributed by atoms with Crippen LogP contribution in [0.5, 0.6) is 0 Å². The van der Waals surface area contributed by atoms with Gasteiger partial charge in [-0.05, 0) is 43.0 Å². The van der Waals surface area contributed by atoms with Crippen LogP contribution in [0.15, 0.2) is 39.7 Å². The molecule has 124 valence electrons. The quantitative estimate of drug-likeness (QED) is 0.840. The van der Waals surface area contributed by atoms with E-state index in [0.29, 0.717) is 17.2 Å². The summed E-state index contributed by atoms with van der Waals surface area (Å²) in [6, 6.07) is 5.74. The molecule has 1 saturated carbocycles. The fraction of sp³-hybridized carbons (Fsp3) is 0.353. The van der Waals surface area contributed by atoms with Gasteiger partial charge in [-0.3, -0.25) is 10.1 Å². The number of aliphatic imine (C=N–C) groups is 1. The Labute approximate surface area is 138 Å². The zero-order valence-electron chi connectivity index (χ0n) is 13.3. The number of ether oxygens (including phenoxy) is 1. The van der Waals surface area contributed by atoms with Gasteiger partial charge in [-0.25, -0.2) is 9.98 Å². The lowest BCUT2D eigenvalue weighted by Crippen LogP contribution is -2.46. The highest BCUT2D eigenvalue weighted by Crippen LogP contribution is 2.22. The van der Waals surface area contributed by atoms with Gasteiger partial charge in [0.2, 0.25) is 5.96 Å². The van der Waals surface area contributed by atoms with E-state index in [1.165, 1.54) is 6.39 Å². The number of nitrogens with zero attached hydrogens (tertiary/aromatic N) is 2. The summed E-state index contributed by atoms with van der Waals surface area (Å²) >= 11 is 0. The Balaban J connectivity index is 1.54. The molecule has 1 aliphatic heterocycles. The molecular weight excluding hydrogens is 308 g/mol. The number of fused-ring (bicyclic) bond motifs is 1. The lowest BCUT2D eigenvalue weighted by molar-refractivity contribution is -0.115. The van der Waals surface area contributed by atoms with E-state index in [2.05, 4.69) is 20.6 Å². The van der Waals surface area contributed by atoms with Gasteiger partial charge in [0.15, 0.2) is 12.0 Å². The second-order valence-corrected chi connectivity index (χ2v) is 5.98. The number of guanidine groups is 1. The highest BCUT2D eigenvalue weighted by atomic mass is 16.5. The molecule has 0 radical (unpaired) electrons. The Kier molecular flexibility index (Phi) is 3.78. The Morgan fingerprint density at radius 3 is 3.21 bits per heavy atom. The molecular formula is C17H18N4O3. The van der Waals surface area contributed by atoms with E-state index in [1.807, 2.05) is 18.2 Å². The molecule has 1 aliphatic carbocycles. The van der Waals surface area contributed by atoms with Crippen LogP contribution in [-0.4, -0.2) is 36.1 Å². The van der Waals surface area contributed by atoms with Crippen LogP contribution in [0, 0.1) is 0 Å². The molecule has 2 heterocycles. The predicted molar refractivity (Wildman–Crippen MR) is 89.1 cm³/mol. The Morgan fingerprint density at radius 1 is 1.42 bits per heavy atom. The molecule has 2 atom stereocenters. The topological polar surface area (TPSA) is 88.8 Å². The van der Waals surface area contributed by atoms with Crippen molar-refractivity contribution in [2.75, 3.05) is 7.11 Å². The fourth-order valence-electron chi connectivity index (χ4n) is 3.21. The number of hydrogen-bond acceptors (Lipinski definition) is 6. The van der Waals surface area contributed by atoms with Crippen LogP contribution in [0.4, 0.5) is 0 Å². The molecule has 0 spiro atoms. The van der Waals surface area contributed by atoms with Crippen molar-refractivity contribution in [2.45, 2.75) is 31.4 Å². The van der Waals surface area contributed by atoms with Crippen LogP contribution in [0.25, 0.3) is 17.2 Å². The summed E-state index contributed by atoms with van der Waals surface area (Å²) in [4.78, 5) is 20.6. The summed E-state index contributed by atoms with van der Waals surface area (Å²) in [6.45, 7) is 0. The predicted octanol–water partition coefficient (Wildman–Crippen LogP) is 1.81. The van der Waals surface area contributed by atoms with Crippen molar-refractivity contribution in [3.63, 3.8) is 0 Å². The minimum absolute atomic E-state index is 0.159. The summed E-state index contributed by atoms with van der Waals surface area (Å²) in [7, 11) is 1.71. The van der Waals surface area contributed by atoms with Crippen molar-refractivity contribution in [1.82, 2.24) is 15.6 Å². The first-order valence-electron chi connectivity index (χ1n) is 7.97. The van der Waals surface area contributed by atoms with Crippen LogP contribution >= 0.6 is 0 Å². The summed E-state index contributed by atoms with van der Waals surface area (Å²) in [5.74, 6) is 0.267. The van der Waals surface area contributed by atoms with Crippen molar-refractivity contribution in [3.8, 4) is 0 Å². The monoisotopic (exact) mass is 326 g/mol. The fourth-order valence-corrected chi connectivity index (χ4v) is 3.21. The summed E-state index contributed by atoms with van der Waals surface area (Å²) in [5.41, 5.74) is 2.66. The van der Waals surface area contributed by atoms with Gasteiger partial charge < -0.3 is 14.5 Å². The molecule has 1 aromatic heterocycles. The molecule has 4 rings (SSSR count). The molecule has 1 fully saturated rings. The van der Waals surface area contributed by atoms with E-state index in [9.17, 15) is 4.79 Å². The summed E-state index contributed by atoms with van der Waals surface area (Å²) in [6.07, 6.45) is 6.43. The van der Waals surface area contributed by atoms with Crippen molar-refractivity contribution in [2.24, 2.45) is 4.99 Å². The highest BCUT2D eigenvalue weighted by molar-refractivity contribution is 6.13. The third kappa shape index (κ3) is 2.78. The average molecular weight is 326 g/mol. The maximum absolute atomic E-state index is 12.1. The number of amides is 1. The molecule has 0 bridgehead atoms. The van der Waals surface area contributed by atoms with Gasteiger partial charge >= 0.3 is 0 Å². The molecule has 24 heavy (non-hydrogen) atoms. The number of benzene rings is 1. The van der Waals surface area contributed by atoms with Crippen LogP contribution < -0.4 is 10.6 Å². The van der Waals surface area contributed by atoms with Gasteiger partial charge in [0.25, 0.3) is 5.91 Å². The smallest absolute Gasteiger partial charge is 0.276 e. The van der Waals surface area contributed by atoms with Gasteiger partial charge in [0, 0.05) is 7.11 Å².